The Labute approximate surface area is 95.2 Å². The third kappa shape index (κ3) is 2.48. The second kappa shape index (κ2) is 4.74. The van der Waals surface area contributed by atoms with Gasteiger partial charge in [0.05, 0.1) is 6.42 Å². The molecule has 4 heteroatoms. The first-order valence-corrected chi connectivity index (χ1v) is 6.93. The number of rotatable bonds is 3. The molecule has 0 aromatic heterocycles. The molecule has 1 N–H and O–H groups in total. The van der Waals surface area contributed by atoms with Gasteiger partial charge in [0, 0.05) is 11.3 Å². The summed E-state index contributed by atoms with van der Waals surface area (Å²) >= 11 is 1.93. The summed E-state index contributed by atoms with van der Waals surface area (Å²) in [6.07, 6.45) is 5.07. The molecule has 0 aliphatic carbocycles. The molecule has 0 aromatic rings. The summed E-state index contributed by atoms with van der Waals surface area (Å²) < 4.78 is 0. The average Bonchev–Trinajstić information content (AvgIpc) is 2.71. The van der Waals surface area contributed by atoms with Gasteiger partial charge in [0.2, 0.25) is 0 Å². The molecule has 2 aliphatic rings. The molecule has 2 rings (SSSR count). The highest BCUT2D eigenvalue weighted by Gasteiger charge is 2.41. The van der Waals surface area contributed by atoms with Crippen molar-refractivity contribution in [2.24, 2.45) is 0 Å². The van der Waals surface area contributed by atoms with Crippen LogP contribution in [-0.4, -0.2) is 46.1 Å². The molecule has 1 unspecified atom stereocenters. The smallest absolute Gasteiger partial charge is 0.305 e. The lowest BCUT2D eigenvalue weighted by Crippen LogP contribution is -2.52. The number of carbonyl (C=O) groups is 1. The third-order valence-corrected chi connectivity index (χ3v) is 4.88. The standard InChI is InChI=1S/C11H19NO2S/c13-10(14)8-11(4-3-7-15-9-11)12-5-1-2-6-12/h1-9H2,(H,13,14). The normalized spacial score (nSPS) is 33.1. The molecule has 0 bridgehead atoms. The fourth-order valence-corrected chi connectivity index (χ4v) is 4.11. The van der Waals surface area contributed by atoms with Crippen molar-refractivity contribution in [2.45, 2.75) is 37.6 Å². The first-order chi connectivity index (χ1) is 7.23. The van der Waals surface area contributed by atoms with E-state index in [1.807, 2.05) is 11.8 Å². The fraction of sp³-hybridized carbons (Fsp3) is 0.909. The van der Waals surface area contributed by atoms with Gasteiger partial charge in [0.1, 0.15) is 0 Å². The van der Waals surface area contributed by atoms with Gasteiger partial charge >= 0.3 is 5.97 Å². The van der Waals surface area contributed by atoms with E-state index in [2.05, 4.69) is 4.90 Å². The van der Waals surface area contributed by atoms with Gasteiger partial charge in [0.15, 0.2) is 0 Å². The zero-order valence-electron chi connectivity index (χ0n) is 9.07. The molecule has 2 heterocycles. The predicted octanol–water partition coefficient (Wildman–Crippen LogP) is 1.82. The van der Waals surface area contributed by atoms with Crippen LogP contribution in [0.4, 0.5) is 0 Å². The van der Waals surface area contributed by atoms with Gasteiger partial charge in [-0.1, -0.05) is 0 Å². The fourth-order valence-electron chi connectivity index (χ4n) is 2.81. The van der Waals surface area contributed by atoms with E-state index < -0.39 is 5.97 Å². The molecule has 0 radical (unpaired) electrons. The highest BCUT2D eigenvalue weighted by Crippen LogP contribution is 2.36. The first-order valence-electron chi connectivity index (χ1n) is 5.78. The van der Waals surface area contributed by atoms with Crippen LogP contribution >= 0.6 is 11.8 Å². The molecular formula is C11H19NO2S. The lowest BCUT2D eigenvalue weighted by molar-refractivity contribution is -0.140. The van der Waals surface area contributed by atoms with Gasteiger partial charge in [0.25, 0.3) is 0 Å². The van der Waals surface area contributed by atoms with Crippen LogP contribution in [0, 0.1) is 0 Å². The van der Waals surface area contributed by atoms with Crippen molar-refractivity contribution in [3.8, 4) is 0 Å². The maximum atomic E-state index is 11.0. The number of carboxylic acid groups (broad SMARTS) is 1. The van der Waals surface area contributed by atoms with Gasteiger partial charge in [-0.25, -0.2) is 0 Å². The van der Waals surface area contributed by atoms with Gasteiger partial charge in [-0.05, 0) is 44.5 Å². The minimum Gasteiger partial charge on any atom is -0.481 e. The molecule has 1 atom stereocenters. The van der Waals surface area contributed by atoms with Gasteiger partial charge in [-0.15, -0.1) is 0 Å². The van der Waals surface area contributed by atoms with Crippen LogP contribution in [0.25, 0.3) is 0 Å². The molecule has 2 fully saturated rings. The number of nitrogens with zero attached hydrogens (tertiary/aromatic N) is 1. The summed E-state index contributed by atoms with van der Waals surface area (Å²) in [6, 6.07) is 0. The average molecular weight is 229 g/mol. The molecule has 15 heavy (non-hydrogen) atoms. The molecule has 0 saturated carbocycles. The minimum absolute atomic E-state index is 0.0226. The molecule has 0 aromatic carbocycles. The van der Waals surface area contributed by atoms with Gasteiger partial charge in [-0.3, -0.25) is 9.69 Å². The van der Waals surface area contributed by atoms with Crippen molar-refractivity contribution in [1.82, 2.24) is 4.90 Å². The zero-order chi connectivity index (χ0) is 10.7. The SMILES string of the molecule is O=C(O)CC1(N2CCCC2)CCCSC1. The Bertz CT molecular complexity index is 233. The Morgan fingerprint density at radius 3 is 2.60 bits per heavy atom. The summed E-state index contributed by atoms with van der Waals surface area (Å²) in [4.78, 5) is 13.4. The molecule has 0 spiro atoms. The molecule has 86 valence electrons. The van der Waals surface area contributed by atoms with E-state index in [4.69, 9.17) is 5.11 Å². The van der Waals surface area contributed by atoms with Crippen LogP contribution in [0.5, 0.6) is 0 Å². The molecule has 3 nitrogen and oxygen atoms in total. The van der Waals surface area contributed by atoms with Gasteiger partial charge in [-0.2, -0.15) is 11.8 Å². The zero-order valence-corrected chi connectivity index (χ0v) is 9.89. The number of thioether (sulfide) groups is 1. The summed E-state index contributed by atoms with van der Waals surface area (Å²) in [5, 5.41) is 9.06. The monoisotopic (exact) mass is 229 g/mol. The molecule has 2 aliphatic heterocycles. The van der Waals surface area contributed by atoms with E-state index in [1.165, 1.54) is 25.0 Å². The Hall–Kier alpha value is -0.220. The highest BCUT2D eigenvalue weighted by molar-refractivity contribution is 7.99. The van der Waals surface area contributed by atoms with Crippen LogP contribution in [0.15, 0.2) is 0 Å². The lowest BCUT2D eigenvalue weighted by Gasteiger charge is -2.43. The van der Waals surface area contributed by atoms with E-state index in [0.717, 1.165) is 25.3 Å². The minimum atomic E-state index is -0.635. The maximum Gasteiger partial charge on any atom is 0.305 e. The second-order valence-electron chi connectivity index (χ2n) is 4.65. The van der Waals surface area contributed by atoms with Crippen molar-refractivity contribution in [3.05, 3.63) is 0 Å². The Morgan fingerprint density at radius 1 is 1.33 bits per heavy atom. The number of likely N-dealkylation sites (tertiary alicyclic amines) is 1. The summed E-state index contributed by atoms with van der Waals surface area (Å²) in [7, 11) is 0. The summed E-state index contributed by atoms with van der Waals surface area (Å²) in [6.45, 7) is 2.21. The lowest BCUT2D eigenvalue weighted by atomic mass is 9.89. The van der Waals surface area contributed by atoms with Crippen molar-refractivity contribution in [3.63, 3.8) is 0 Å². The largest absolute Gasteiger partial charge is 0.481 e. The summed E-state index contributed by atoms with van der Waals surface area (Å²) in [5.74, 6) is 1.58. The number of aliphatic carboxylic acids is 1. The van der Waals surface area contributed by atoms with E-state index in [0.29, 0.717) is 6.42 Å². The molecule has 2 saturated heterocycles. The predicted molar refractivity (Wildman–Crippen MR) is 62.3 cm³/mol. The van der Waals surface area contributed by atoms with Crippen LogP contribution in [-0.2, 0) is 4.79 Å². The highest BCUT2D eigenvalue weighted by atomic mass is 32.2. The first kappa shape index (κ1) is 11.3. The Morgan fingerprint density at radius 2 is 2.07 bits per heavy atom. The topological polar surface area (TPSA) is 40.5 Å². The summed E-state index contributed by atoms with van der Waals surface area (Å²) in [5.41, 5.74) is -0.0226. The Kier molecular flexibility index (Phi) is 3.57. The van der Waals surface area contributed by atoms with Crippen molar-refractivity contribution in [2.75, 3.05) is 24.6 Å². The van der Waals surface area contributed by atoms with Crippen molar-refractivity contribution in [1.29, 1.82) is 0 Å². The third-order valence-electron chi connectivity index (χ3n) is 3.56. The molecule has 0 amide bonds. The van der Waals surface area contributed by atoms with E-state index in [1.54, 1.807) is 0 Å². The van der Waals surface area contributed by atoms with Crippen LogP contribution in [0.3, 0.4) is 0 Å². The van der Waals surface area contributed by atoms with Crippen LogP contribution in [0.2, 0.25) is 0 Å². The number of carboxylic acids is 1. The number of hydrogen-bond donors (Lipinski definition) is 1. The van der Waals surface area contributed by atoms with Crippen molar-refractivity contribution < 1.29 is 9.90 Å². The quantitative estimate of drug-likeness (QED) is 0.801. The van der Waals surface area contributed by atoms with Crippen LogP contribution < -0.4 is 0 Å². The van der Waals surface area contributed by atoms with Gasteiger partial charge < -0.3 is 5.11 Å². The maximum absolute atomic E-state index is 11.0. The van der Waals surface area contributed by atoms with Crippen molar-refractivity contribution >= 4 is 17.7 Å². The second-order valence-corrected chi connectivity index (χ2v) is 5.75. The van der Waals surface area contributed by atoms with E-state index in [9.17, 15) is 4.79 Å². The number of hydrogen-bond acceptors (Lipinski definition) is 3. The van der Waals surface area contributed by atoms with Crippen LogP contribution in [0.1, 0.15) is 32.1 Å². The Balaban J connectivity index is 2.08. The van der Waals surface area contributed by atoms with E-state index in [-0.39, 0.29) is 5.54 Å². The molecular weight excluding hydrogens is 210 g/mol. The van der Waals surface area contributed by atoms with E-state index >= 15 is 0 Å².